The van der Waals surface area contributed by atoms with Crippen LogP contribution >= 0.6 is 0 Å². The predicted molar refractivity (Wildman–Crippen MR) is 84.4 cm³/mol. The number of rotatable bonds is 2. The van der Waals surface area contributed by atoms with E-state index in [2.05, 4.69) is 0 Å². The summed E-state index contributed by atoms with van der Waals surface area (Å²) in [4.78, 5) is 12.7. The second-order valence-corrected chi connectivity index (χ2v) is 6.86. The van der Waals surface area contributed by atoms with Crippen molar-refractivity contribution in [3.63, 3.8) is 0 Å². The van der Waals surface area contributed by atoms with E-state index in [9.17, 15) is 13.2 Å². The molecule has 0 saturated carbocycles. The highest BCUT2D eigenvalue weighted by Gasteiger charge is 2.38. The maximum absolute atomic E-state index is 12.9. The fourth-order valence-electron chi connectivity index (χ4n) is 2.82. The second-order valence-electron chi connectivity index (χ2n) is 5.07. The lowest BCUT2D eigenvalue weighted by Crippen LogP contribution is -2.33. The summed E-state index contributed by atoms with van der Waals surface area (Å²) < 4.78 is 26.6. The van der Waals surface area contributed by atoms with E-state index < -0.39 is 15.9 Å². The SMILES string of the molecule is O=C1c2cccc3cccc(c23)N1S(=O)(=O)c1ccccc1. The standard InChI is InChI=1S/C17H11NO3S/c19-17-14-10-4-6-12-7-5-11-15(16(12)14)18(17)22(20,21)13-8-2-1-3-9-13/h1-11H. The second kappa shape index (κ2) is 4.42. The van der Waals surface area contributed by atoms with Gasteiger partial charge < -0.3 is 0 Å². The van der Waals surface area contributed by atoms with E-state index in [4.69, 9.17) is 0 Å². The molecule has 0 radical (unpaired) electrons. The lowest BCUT2D eigenvalue weighted by atomic mass is 10.1. The van der Waals surface area contributed by atoms with Gasteiger partial charge in [-0.3, -0.25) is 4.79 Å². The molecule has 1 aliphatic heterocycles. The molecule has 0 fully saturated rings. The molecule has 108 valence electrons. The van der Waals surface area contributed by atoms with E-state index in [1.54, 1.807) is 42.5 Å². The van der Waals surface area contributed by atoms with Gasteiger partial charge in [0.2, 0.25) is 0 Å². The largest absolute Gasteiger partial charge is 0.273 e. The Balaban J connectivity index is 2.00. The Hall–Kier alpha value is -2.66. The number of sulfonamides is 1. The molecule has 3 aromatic carbocycles. The molecule has 0 unspecified atom stereocenters. The molecule has 0 spiro atoms. The summed E-state index contributed by atoms with van der Waals surface area (Å²) in [6.45, 7) is 0. The Kier molecular flexibility index (Phi) is 2.62. The average Bonchev–Trinajstić information content (AvgIpc) is 2.84. The molecule has 0 bridgehead atoms. The van der Waals surface area contributed by atoms with Crippen molar-refractivity contribution >= 4 is 32.4 Å². The highest BCUT2D eigenvalue weighted by molar-refractivity contribution is 7.93. The molecule has 3 aromatic rings. The molecule has 0 aliphatic carbocycles. The summed E-state index contributed by atoms with van der Waals surface area (Å²) in [5.74, 6) is -0.504. The number of hydrogen-bond donors (Lipinski definition) is 0. The van der Waals surface area contributed by atoms with Gasteiger partial charge in [0, 0.05) is 5.39 Å². The van der Waals surface area contributed by atoms with Crippen LogP contribution in [-0.4, -0.2) is 14.3 Å². The van der Waals surface area contributed by atoms with Crippen molar-refractivity contribution in [2.75, 3.05) is 4.31 Å². The average molecular weight is 309 g/mol. The quantitative estimate of drug-likeness (QED) is 0.730. The monoisotopic (exact) mass is 309 g/mol. The van der Waals surface area contributed by atoms with Gasteiger partial charge in [-0.25, -0.2) is 8.42 Å². The zero-order valence-corrected chi connectivity index (χ0v) is 12.2. The van der Waals surface area contributed by atoms with Gasteiger partial charge in [-0.1, -0.05) is 42.5 Å². The van der Waals surface area contributed by atoms with E-state index >= 15 is 0 Å². The van der Waals surface area contributed by atoms with Crippen LogP contribution in [0.1, 0.15) is 10.4 Å². The van der Waals surface area contributed by atoms with Crippen molar-refractivity contribution in [1.82, 2.24) is 0 Å². The molecular formula is C17H11NO3S. The first-order valence-corrected chi connectivity index (χ1v) is 8.21. The van der Waals surface area contributed by atoms with E-state index in [0.29, 0.717) is 16.6 Å². The molecule has 1 amide bonds. The Bertz CT molecular complexity index is 1010. The van der Waals surface area contributed by atoms with Gasteiger partial charge >= 0.3 is 0 Å². The van der Waals surface area contributed by atoms with Crippen LogP contribution in [-0.2, 0) is 10.0 Å². The van der Waals surface area contributed by atoms with Crippen LogP contribution in [0.5, 0.6) is 0 Å². The minimum absolute atomic E-state index is 0.105. The Morgan fingerprint density at radius 2 is 1.45 bits per heavy atom. The fourth-order valence-corrected chi connectivity index (χ4v) is 4.26. The number of carbonyl (C=O) groups excluding carboxylic acids is 1. The first kappa shape index (κ1) is 13.0. The third-order valence-electron chi connectivity index (χ3n) is 3.80. The molecule has 22 heavy (non-hydrogen) atoms. The maximum atomic E-state index is 12.9. The molecule has 4 rings (SSSR count). The molecule has 0 aromatic heterocycles. The first-order valence-electron chi connectivity index (χ1n) is 6.77. The lowest BCUT2D eigenvalue weighted by Gasteiger charge is -2.17. The van der Waals surface area contributed by atoms with Crippen LogP contribution < -0.4 is 4.31 Å². The van der Waals surface area contributed by atoms with Crippen molar-refractivity contribution in [2.24, 2.45) is 0 Å². The molecule has 0 saturated heterocycles. The lowest BCUT2D eigenvalue weighted by molar-refractivity contribution is 0.101. The minimum atomic E-state index is -3.92. The van der Waals surface area contributed by atoms with Crippen LogP contribution in [0.25, 0.3) is 10.8 Å². The molecule has 1 heterocycles. The Morgan fingerprint density at radius 1 is 0.773 bits per heavy atom. The summed E-state index contributed by atoms with van der Waals surface area (Å²) in [6.07, 6.45) is 0. The zero-order chi connectivity index (χ0) is 15.3. The molecule has 5 heteroatoms. The molecule has 4 nitrogen and oxygen atoms in total. The van der Waals surface area contributed by atoms with Crippen LogP contribution in [0.4, 0.5) is 5.69 Å². The van der Waals surface area contributed by atoms with Gasteiger partial charge in [0.1, 0.15) is 0 Å². The summed E-state index contributed by atoms with van der Waals surface area (Å²) in [5, 5.41) is 1.55. The van der Waals surface area contributed by atoms with E-state index in [0.717, 1.165) is 9.69 Å². The zero-order valence-electron chi connectivity index (χ0n) is 11.4. The molecule has 0 N–H and O–H groups in total. The minimum Gasteiger partial charge on any atom is -0.268 e. The third-order valence-corrected chi connectivity index (χ3v) is 5.51. The predicted octanol–water partition coefficient (Wildman–Crippen LogP) is 3.19. The van der Waals surface area contributed by atoms with E-state index in [1.807, 2.05) is 12.1 Å². The number of amides is 1. The van der Waals surface area contributed by atoms with E-state index in [1.165, 1.54) is 12.1 Å². The van der Waals surface area contributed by atoms with Crippen molar-refractivity contribution in [1.29, 1.82) is 0 Å². The van der Waals surface area contributed by atoms with Crippen molar-refractivity contribution in [2.45, 2.75) is 4.90 Å². The van der Waals surface area contributed by atoms with Crippen molar-refractivity contribution in [3.05, 3.63) is 72.3 Å². The van der Waals surface area contributed by atoms with Crippen LogP contribution in [0, 0.1) is 0 Å². The number of benzene rings is 3. The van der Waals surface area contributed by atoms with Crippen molar-refractivity contribution < 1.29 is 13.2 Å². The first-order chi connectivity index (χ1) is 10.6. The summed E-state index contributed by atoms with van der Waals surface area (Å²) >= 11 is 0. The Morgan fingerprint density at radius 3 is 2.18 bits per heavy atom. The number of nitrogens with zero attached hydrogens (tertiary/aromatic N) is 1. The third kappa shape index (κ3) is 1.63. The number of carbonyl (C=O) groups is 1. The Labute approximate surface area is 127 Å². The molecule has 0 atom stereocenters. The topological polar surface area (TPSA) is 54.5 Å². The highest BCUT2D eigenvalue weighted by Crippen LogP contribution is 2.40. The van der Waals surface area contributed by atoms with Gasteiger partial charge in [-0.15, -0.1) is 0 Å². The maximum Gasteiger partial charge on any atom is 0.273 e. The van der Waals surface area contributed by atoms with Gasteiger partial charge in [0.05, 0.1) is 16.1 Å². The van der Waals surface area contributed by atoms with Crippen LogP contribution in [0.2, 0.25) is 0 Å². The van der Waals surface area contributed by atoms with E-state index in [-0.39, 0.29) is 4.90 Å². The van der Waals surface area contributed by atoms with Gasteiger partial charge in [0.25, 0.3) is 15.9 Å². The highest BCUT2D eigenvalue weighted by atomic mass is 32.2. The summed E-state index contributed by atoms with van der Waals surface area (Å²) in [5.41, 5.74) is 0.842. The fraction of sp³-hybridized carbons (Fsp3) is 0. The number of anilines is 1. The molecular weight excluding hydrogens is 298 g/mol. The van der Waals surface area contributed by atoms with Gasteiger partial charge in [-0.05, 0) is 29.7 Å². The number of hydrogen-bond acceptors (Lipinski definition) is 3. The van der Waals surface area contributed by atoms with Crippen LogP contribution in [0.15, 0.2) is 71.6 Å². The van der Waals surface area contributed by atoms with Gasteiger partial charge in [0.15, 0.2) is 0 Å². The summed E-state index contributed by atoms with van der Waals surface area (Å²) in [6, 6.07) is 18.6. The summed E-state index contributed by atoms with van der Waals surface area (Å²) in [7, 11) is -3.92. The van der Waals surface area contributed by atoms with Crippen LogP contribution in [0.3, 0.4) is 0 Å². The molecule has 1 aliphatic rings. The normalized spacial score (nSPS) is 13.8. The smallest absolute Gasteiger partial charge is 0.268 e. The van der Waals surface area contributed by atoms with Gasteiger partial charge in [-0.2, -0.15) is 4.31 Å². The van der Waals surface area contributed by atoms with Crippen molar-refractivity contribution in [3.8, 4) is 0 Å².